The van der Waals surface area contributed by atoms with Crippen molar-refractivity contribution in [3.05, 3.63) is 51.6 Å². The van der Waals surface area contributed by atoms with Crippen molar-refractivity contribution in [2.45, 2.75) is 23.8 Å². The van der Waals surface area contributed by atoms with Crippen molar-refractivity contribution in [2.75, 3.05) is 5.32 Å². The Morgan fingerprint density at radius 2 is 2.24 bits per heavy atom. The second kappa shape index (κ2) is 7.99. The topological polar surface area (TPSA) is 72.7 Å². The molecule has 3 heterocycles. The van der Waals surface area contributed by atoms with Gasteiger partial charge in [-0.25, -0.2) is 4.98 Å². The largest absolute Gasteiger partial charge is 0.310 e. The first-order chi connectivity index (χ1) is 12.0. The van der Waals surface area contributed by atoms with Crippen LogP contribution in [0, 0.1) is 0 Å². The Hall–Kier alpha value is -1.90. The van der Waals surface area contributed by atoms with Gasteiger partial charge in [-0.15, -0.1) is 21.5 Å². The summed E-state index contributed by atoms with van der Waals surface area (Å²) in [6, 6.07) is 7.44. The summed E-state index contributed by atoms with van der Waals surface area (Å²) in [4.78, 5) is 17.6. The number of hydrogen-bond acceptors (Lipinski definition) is 6. The molecule has 25 heavy (non-hydrogen) atoms. The molecule has 0 saturated carbocycles. The molecule has 0 bridgehead atoms. The van der Waals surface area contributed by atoms with Gasteiger partial charge in [0, 0.05) is 24.5 Å². The van der Waals surface area contributed by atoms with E-state index in [9.17, 15) is 4.79 Å². The maximum absolute atomic E-state index is 12.3. The van der Waals surface area contributed by atoms with E-state index in [0.29, 0.717) is 16.0 Å². The summed E-state index contributed by atoms with van der Waals surface area (Å²) in [5.41, 5.74) is 0. The molecule has 9 heteroatoms. The lowest BCUT2D eigenvalue weighted by molar-refractivity contribution is -0.115. The monoisotopic (exact) mass is 393 g/mol. The number of carbonyl (C=O) groups excluding carboxylic acids is 1. The molecule has 0 saturated heterocycles. The van der Waals surface area contributed by atoms with E-state index in [1.165, 1.54) is 22.8 Å². The summed E-state index contributed by atoms with van der Waals surface area (Å²) in [5.74, 6) is 1.19. The van der Waals surface area contributed by atoms with Gasteiger partial charge >= 0.3 is 0 Å². The lowest BCUT2D eigenvalue weighted by Crippen LogP contribution is -2.23. The van der Waals surface area contributed by atoms with Gasteiger partial charge in [0.25, 0.3) is 0 Å². The first kappa shape index (κ1) is 17.9. The van der Waals surface area contributed by atoms with Crippen LogP contribution in [0.1, 0.15) is 17.6 Å². The van der Waals surface area contributed by atoms with Crippen molar-refractivity contribution in [3.8, 4) is 0 Å². The van der Waals surface area contributed by atoms with Crippen LogP contribution in [0.4, 0.5) is 5.82 Å². The maximum Gasteiger partial charge on any atom is 0.238 e. The minimum atomic E-state index is -0.338. The van der Waals surface area contributed by atoms with E-state index >= 15 is 0 Å². The number of aromatic nitrogens is 4. The standard InChI is InChI=1S/C16H16ClN5OS2/c1-10(15(23)19-13-6-5-11(17)9-18-13)25-16-21-20-14(22(16)2)8-12-4-3-7-24-12/h3-7,9-10H,8H2,1-2H3,(H,18,19,23)/t10-/m0/s1. The van der Waals surface area contributed by atoms with Crippen LogP contribution in [-0.2, 0) is 18.3 Å². The van der Waals surface area contributed by atoms with Crippen molar-refractivity contribution in [1.82, 2.24) is 19.7 Å². The first-order valence-corrected chi connectivity index (χ1v) is 9.66. The molecule has 1 atom stereocenters. The van der Waals surface area contributed by atoms with Gasteiger partial charge in [0.2, 0.25) is 5.91 Å². The van der Waals surface area contributed by atoms with Crippen LogP contribution in [0.15, 0.2) is 41.0 Å². The molecule has 0 fully saturated rings. The van der Waals surface area contributed by atoms with E-state index in [0.717, 1.165) is 12.2 Å². The van der Waals surface area contributed by atoms with E-state index < -0.39 is 0 Å². The number of hydrogen-bond donors (Lipinski definition) is 1. The molecule has 0 aromatic carbocycles. The van der Waals surface area contributed by atoms with Crippen LogP contribution >= 0.6 is 34.7 Å². The van der Waals surface area contributed by atoms with Gasteiger partial charge in [-0.05, 0) is 30.5 Å². The molecule has 0 aliphatic carbocycles. The Morgan fingerprint density at radius 3 is 2.92 bits per heavy atom. The molecule has 3 aromatic rings. The fourth-order valence-electron chi connectivity index (χ4n) is 2.06. The van der Waals surface area contributed by atoms with Gasteiger partial charge < -0.3 is 9.88 Å². The highest BCUT2D eigenvalue weighted by Crippen LogP contribution is 2.24. The van der Waals surface area contributed by atoms with Crippen LogP contribution in [0.5, 0.6) is 0 Å². The number of nitrogens with one attached hydrogen (secondary N) is 1. The summed E-state index contributed by atoms with van der Waals surface area (Å²) in [7, 11) is 1.91. The van der Waals surface area contributed by atoms with E-state index in [1.807, 2.05) is 30.0 Å². The molecular weight excluding hydrogens is 378 g/mol. The fourth-order valence-corrected chi connectivity index (χ4v) is 3.71. The Labute approximate surface area is 158 Å². The smallest absolute Gasteiger partial charge is 0.238 e. The number of rotatable bonds is 6. The van der Waals surface area contributed by atoms with E-state index in [1.54, 1.807) is 23.5 Å². The molecule has 6 nitrogen and oxygen atoms in total. The lowest BCUT2D eigenvalue weighted by Gasteiger charge is -2.11. The number of amides is 1. The second-order valence-electron chi connectivity index (χ2n) is 5.32. The summed E-state index contributed by atoms with van der Waals surface area (Å²) < 4.78 is 1.93. The zero-order chi connectivity index (χ0) is 17.8. The predicted molar refractivity (Wildman–Crippen MR) is 101 cm³/mol. The van der Waals surface area contributed by atoms with Crippen LogP contribution < -0.4 is 5.32 Å². The highest BCUT2D eigenvalue weighted by atomic mass is 35.5. The molecule has 0 aliphatic heterocycles. The second-order valence-corrected chi connectivity index (χ2v) is 8.10. The van der Waals surface area contributed by atoms with Gasteiger partial charge in [-0.2, -0.15) is 0 Å². The average Bonchev–Trinajstić information content (AvgIpc) is 3.22. The number of thioether (sulfide) groups is 1. The molecule has 3 rings (SSSR count). The van der Waals surface area contributed by atoms with Gasteiger partial charge in [0.15, 0.2) is 5.16 Å². The molecule has 0 spiro atoms. The molecular formula is C16H16ClN5OS2. The fraction of sp³-hybridized carbons (Fsp3) is 0.250. The molecule has 0 unspecified atom stereocenters. The number of thiophene rings is 1. The van der Waals surface area contributed by atoms with Crippen molar-refractivity contribution >= 4 is 46.4 Å². The van der Waals surface area contributed by atoms with Gasteiger partial charge in [0.1, 0.15) is 11.6 Å². The van der Waals surface area contributed by atoms with Crippen molar-refractivity contribution in [3.63, 3.8) is 0 Å². The van der Waals surface area contributed by atoms with Crippen molar-refractivity contribution < 1.29 is 4.79 Å². The molecule has 130 valence electrons. The highest BCUT2D eigenvalue weighted by molar-refractivity contribution is 8.00. The quantitative estimate of drug-likeness (QED) is 0.647. The average molecular weight is 394 g/mol. The third-order valence-electron chi connectivity index (χ3n) is 3.47. The molecule has 3 aromatic heterocycles. The minimum Gasteiger partial charge on any atom is -0.310 e. The van der Waals surface area contributed by atoms with Crippen LogP contribution in [0.3, 0.4) is 0 Å². The summed E-state index contributed by atoms with van der Waals surface area (Å²) in [5, 5.41) is 14.1. The van der Waals surface area contributed by atoms with Gasteiger partial charge in [0.05, 0.1) is 10.3 Å². The summed E-state index contributed by atoms with van der Waals surface area (Å²) in [6.07, 6.45) is 2.23. The number of nitrogens with zero attached hydrogens (tertiary/aromatic N) is 4. The summed E-state index contributed by atoms with van der Waals surface area (Å²) in [6.45, 7) is 1.82. The third-order valence-corrected chi connectivity index (χ3v) is 5.70. The summed E-state index contributed by atoms with van der Waals surface area (Å²) >= 11 is 8.84. The molecule has 0 aliphatic rings. The van der Waals surface area contributed by atoms with Crippen molar-refractivity contribution in [1.29, 1.82) is 0 Å². The minimum absolute atomic E-state index is 0.150. The number of halogens is 1. The Kier molecular flexibility index (Phi) is 5.72. The predicted octanol–water partition coefficient (Wildman–Crippen LogP) is 3.64. The van der Waals surface area contributed by atoms with Crippen LogP contribution in [0.2, 0.25) is 5.02 Å². The maximum atomic E-state index is 12.3. The Morgan fingerprint density at radius 1 is 1.40 bits per heavy atom. The van der Waals surface area contributed by atoms with Crippen LogP contribution in [-0.4, -0.2) is 30.9 Å². The zero-order valence-corrected chi connectivity index (χ0v) is 16.0. The van der Waals surface area contributed by atoms with E-state index in [2.05, 4.69) is 26.6 Å². The molecule has 1 amide bonds. The first-order valence-electron chi connectivity index (χ1n) is 7.52. The number of carbonyl (C=O) groups is 1. The van der Waals surface area contributed by atoms with Crippen LogP contribution in [0.25, 0.3) is 0 Å². The van der Waals surface area contributed by atoms with Crippen molar-refractivity contribution in [2.24, 2.45) is 7.05 Å². The lowest BCUT2D eigenvalue weighted by atomic mass is 10.3. The Bertz CT molecular complexity index is 848. The van der Waals surface area contributed by atoms with E-state index in [-0.39, 0.29) is 11.2 Å². The SMILES string of the molecule is C[C@H](Sc1nnc(Cc2cccs2)n1C)C(=O)Nc1ccc(Cl)cn1. The van der Waals surface area contributed by atoms with E-state index in [4.69, 9.17) is 11.6 Å². The molecule has 0 radical (unpaired) electrons. The zero-order valence-electron chi connectivity index (χ0n) is 13.6. The third kappa shape index (κ3) is 4.59. The molecule has 1 N–H and O–H groups in total. The van der Waals surface area contributed by atoms with Gasteiger partial charge in [-0.1, -0.05) is 29.4 Å². The Balaban J connectivity index is 1.62. The normalized spacial score (nSPS) is 12.1. The number of anilines is 1. The highest BCUT2D eigenvalue weighted by Gasteiger charge is 2.19. The number of pyridine rings is 1. The van der Waals surface area contributed by atoms with Gasteiger partial charge in [-0.3, -0.25) is 4.79 Å².